The molecule has 0 radical (unpaired) electrons. The highest BCUT2D eigenvalue weighted by atomic mass is 16.5. The van der Waals surface area contributed by atoms with Crippen LogP contribution in [0.25, 0.3) is 0 Å². The highest BCUT2D eigenvalue weighted by molar-refractivity contribution is 5.67. The molecule has 1 aliphatic rings. The maximum Gasteiger partial charge on any atom is 0.407 e. The number of alkyl carbamates (subject to hydrolysis) is 1. The summed E-state index contributed by atoms with van der Waals surface area (Å²) in [6.45, 7) is 7.86. The molecule has 0 spiro atoms. The molecule has 4 nitrogen and oxygen atoms in total. The molecule has 1 N–H and O–H groups in total. The Bertz CT molecular complexity index is 211. The van der Waals surface area contributed by atoms with Gasteiger partial charge in [0.05, 0.1) is 7.11 Å². The smallest absolute Gasteiger partial charge is 0.407 e. The summed E-state index contributed by atoms with van der Waals surface area (Å²) >= 11 is 0. The van der Waals surface area contributed by atoms with Crippen molar-refractivity contribution in [1.29, 1.82) is 0 Å². The number of hydrogen-bond acceptors (Lipinski definition) is 3. The van der Waals surface area contributed by atoms with Gasteiger partial charge in [0, 0.05) is 19.1 Å². The molecule has 0 aliphatic carbocycles. The normalized spacial score (nSPS) is 18.8. The van der Waals surface area contributed by atoms with Crippen LogP contribution in [0.1, 0.15) is 33.1 Å². The Kier molecular flexibility index (Phi) is 5.60. The molecular formula is C12H24N2O2. The molecule has 0 aromatic rings. The molecule has 0 saturated carbocycles. The van der Waals surface area contributed by atoms with Gasteiger partial charge in [-0.05, 0) is 31.7 Å². The average Bonchev–Trinajstić information content (AvgIpc) is 2.28. The molecular weight excluding hydrogens is 204 g/mol. The molecule has 94 valence electrons. The summed E-state index contributed by atoms with van der Waals surface area (Å²) in [6.07, 6.45) is 3.02. The number of amides is 1. The van der Waals surface area contributed by atoms with Gasteiger partial charge >= 0.3 is 6.09 Å². The van der Waals surface area contributed by atoms with E-state index in [-0.39, 0.29) is 6.09 Å². The van der Waals surface area contributed by atoms with Crippen LogP contribution in [0.5, 0.6) is 0 Å². The predicted octanol–water partition coefficient (Wildman–Crippen LogP) is 1.85. The zero-order valence-corrected chi connectivity index (χ0v) is 10.7. The second-order valence-corrected chi connectivity index (χ2v) is 4.93. The van der Waals surface area contributed by atoms with Crippen LogP contribution in [0.2, 0.25) is 0 Å². The van der Waals surface area contributed by atoms with Gasteiger partial charge in [-0.25, -0.2) is 4.79 Å². The minimum Gasteiger partial charge on any atom is -0.453 e. The van der Waals surface area contributed by atoms with Gasteiger partial charge in [0.15, 0.2) is 0 Å². The van der Waals surface area contributed by atoms with E-state index in [4.69, 9.17) is 0 Å². The lowest BCUT2D eigenvalue weighted by Gasteiger charge is -2.32. The van der Waals surface area contributed by atoms with E-state index in [1.165, 1.54) is 20.1 Å². The first-order valence-corrected chi connectivity index (χ1v) is 6.18. The fourth-order valence-corrected chi connectivity index (χ4v) is 1.97. The van der Waals surface area contributed by atoms with Crippen molar-refractivity contribution in [2.45, 2.75) is 39.2 Å². The van der Waals surface area contributed by atoms with Crippen molar-refractivity contribution in [3.63, 3.8) is 0 Å². The molecule has 0 aromatic heterocycles. The molecule has 0 bridgehead atoms. The summed E-state index contributed by atoms with van der Waals surface area (Å²) in [7, 11) is 1.41. The van der Waals surface area contributed by atoms with Gasteiger partial charge in [0.1, 0.15) is 0 Å². The number of likely N-dealkylation sites (tertiary alicyclic amines) is 1. The number of hydrogen-bond donors (Lipinski definition) is 1. The van der Waals surface area contributed by atoms with Crippen molar-refractivity contribution >= 4 is 6.09 Å². The first kappa shape index (κ1) is 13.3. The lowest BCUT2D eigenvalue weighted by Crippen LogP contribution is -2.44. The van der Waals surface area contributed by atoms with Gasteiger partial charge in [-0.3, -0.25) is 0 Å². The lowest BCUT2D eigenvalue weighted by molar-refractivity contribution is 0.150. The van der Waals surface area contributed by atoms with Gasteiger partial charge in [0.2, 0.25) is 0 Å². The molecule has 0 atom stereocenters. The zero-order chi connectivity index (χ0) is 12.0. The number of nitrogens with one attached hydrogen (secondary N) is 1. The van der Waals surface area contributed by atoms with Crippen molar-refractivity contribution in [3.8, 4) is 0 Å². The summed E-state index contributed by atoms with van der Waals surface area (Å²) in [6, 6.07) is 0.294. The molecule has 1 rings (SSSR count). The van der Waals surface area contributed by atoms with Crippen molar-refractivity contribution in [2.75, 3.05) is 26.7 Å². The molecule has 0 aromatic carbocycles. The van der Waals surface area contributed by atoms with E-state index in [1.54, 1.807) is 0 Å². The molecule has 1 amide bonds. The minimum absolute atomic E-state index is 0.294. The third-order valence-corrected chi connectivity index (χ3v) is 3.12. The van der Waals surface area contributed by atoms with E-state index in [9.17, 15) is 4.79 Å². The summed E-state index contributed by atoms with van der Waals surface area (Å²) in [4.78, 5) is 13.5. The van der Waals surface area contributed by atoms with Crippen LogP contribution in [0.4, 0.5) is 4.79 Å². The largest absolute Gasteiger partial charge is 0.453 e. The monoisotopic (exact) mass is 228 g/mol. The van der Waals surface area contributed by atoms with E-state index < -0.39 is 0 Å². The fourth-order valence-electron chi connectivity index (χ4n) is 1.97. The number of carbonyl (C=O) groups excluding carboxylic acids is 1. The Balaban J connectivity index is 2.16. The van der Waals surface area contributed by atoms with Crippen molar-refractivity contribution in [1.82, 2.24) is 10.2 Å². The maximum absolute atomic E-state index is 11.0. The highest BCUT2D eigenvalue weighted by Gasteiger charge is 2.20. The topological polar surface area (TPSA) is 41.6 Å². The van der Waals surface area contributed by atoms with Crippen LogP contribution in [0.15, 0.2) is 0 Å². The first-order chi connectivity index (χ1) is 7.61. The molecule has 1 aliphatic heterocycles. The number of nitrogens with zero attached hydrogens (tertiary/aromatic N) is 1. The summed E-state index contributed by atoms with van der Waals surface area (Å²) in [5.74, 6) is 0.769. The van der Waals surface area contributed by atoms with Crippen LogP contribution in [-0.4, -0.2) is 43.8 Å². The maximum atomic E-state index is 11.0. The number of piperidine rings is 1. The Morgan fingerprint density at radius 3 is 2.56 bits per heavy atom. The average molecular weight is 228 g/mol. The molecule has 0 unspecified atom stereocenters. The Morgan fingerprint density at radius 2 is 2.06 bits per heavy atom. The Labute approximate surface area is 98.3 Å². The summed E-state index contributed by atoms with van der Waals surface area (Å²) < 4.78 is 4.60. The van der Waals surface area contributed by atoms with E-state index >= 15 is 0 Å². The van der Waals surface area contributed by atoms with Crippen LogP contribution in [0, 0.1) is 5.92 Å². The van der Waals surface area contributed by atoms with Gasteiger partial charge in [-0.2, -0.15) is 0 Å². The van der Waals surface area contributed by atoms with Gasteiger partial charge < -0.3 is 15.0 Å². The van der Waals surface area contributed by atoms with E-state index in [1.807, 2.05) is 0 Å². The highest BCUT2D eigenvalue weighted by Crippen LogP contribution is 2.12. The van der Waals surface area contributed by atoms with Gasteiger partial charge in [-0.1, -0.05) is 13.8 Å². The van der Waals surface area contributed by atoms with E-state index in [0.29, 0.717) is 6.04 Å². The summed E-state index contributed by atoms with van der Waals surface area (Å²) in [5.41, 5.74) is 0. The first-order valence-electron chi connectivity index (χ1n) is 6.18. The fraction of sp³-hybridized carbons (Fsp3) is 0.917. The lowest BCUT2D eigenvalue weighted by atomic mass is 10.0. The third-order valence-electron chi connectivity index (χ3n) is 3.12. The van der Waals surface area contributed by atoms with Crippen molar-refractivity contribution in [2.24, 2.45) is 5.92 Å². The second kappa shape index (κ2) is 6.74. The van der Waals surface area contributed by atoms with Gasteiger partial charge in [-0.15, -0.1) is 0 Å². The summed E-state index contributed by atoms with van der Waals surface area (Å²) in [5, 5.41) is 2.87. The second-order valence-electron chi connectivity index (χ2n) is 4.93. The SMILES string of the molecule is COC(=O)NC1CCN(CCC(C)C)CC1. The van der Waals surface area contributed by atoms with Gasteiger partial charge in [0.25, 0.3) is 0 Å². The number of carbonyl (C=O) groups is 1. The van der Waals surface area contributed by atoms with E-state index in [2.05, 4.69) is 28.8 Å². The van der Waals surface area contributed by atoms with E-state index in [0.717, 1.165) is 31.8 Å². The van der Waals surface area contributed by atoms with Crippen molar-refractivity contribution in [3.05, 3.63) is 0 Å². The molecule has 1 fully saturated rings. The van der Waals surface area contributed by atoms with Crippen molar-refractivity contribution < 1.29 is 9.53 Å². The Morgan fingerprint density at radius 1 is 1.44 bits per heavy atom. The molecule has 4 heteroatoms. The standard InChI is InChI=1S/C12H24N2O2/c1-10(2)4-7-14-8-5-11(6-9-14)13-12(15)16-3/h10-11H,4-9H2,1-3H3,(H,13,15). The van der Waals surface area contributed by atoms with Crippen LogP contribution >= 0.6 is 0 Å². The minimum atomic E-state index is -0.305. The number of rotatable bonds is 4. The van der Waals surface area contributed by atoms with Crippen LogP contribution in [0.3, 0.4) is 0 Å². The quantitative estimate of drug-likeness (QED) is 0.798. The molecule has 1 saturated heterocycles. The zero-order valence-electron chi connectivity index (χ0n) is 10.7. The predicted molar refractivity (Wildman–Crippen MR) is 64.5 cm³/mol. The number of methoxy groups -OCH3 is 1. The Hall–Kier alpha value is -0.770. The third kappa shape index (κ3) is 4.84. The molecule has 1 heterocycles. The number of ether oxygens (including phenoxy) is 1. The van der Waals surface area contributed by atoms with Crippen LogP contribution in [-0.2, 0) is 4.74 Å². The van der Waals surface area contributed by atoms with Crippen LogP contribution < -0.4 is 5.32 Å². The molecule has 16 heavy (non-hydrogen) atoms.